The second-order valence-electron chi connectivity index (χ2n) is 3.43. The first-order valence-electron chi connectivity index (χ1n) is 4.65. The lowest BCUT2D eigenvalue weighted by molar-refractivity contribution is -0.134. The van der Waals surface area contributed by atoms with Crippen LogP contribution < -0.4 is 0 Å². The highest BCUT2D eigenvalue weighted by Gasteiger charge is 2.27. The number of halogens is 4. The lowest BCUT2D eigenvalue weighted by Crippen LogP contribution is -2.09. The number of hydrogen-bond acceptors (Lipinski definition) is 1. The lowest BCUT2D eigenvalue weighted by Gasteiger charge is -2.02. The predicted octanol–water partition coefficient (Wildman–Crippen LogP) is 3.20. The lowest BCUT2D eigenvalue weighted by atomic mass is 10.3. The van der Waals surface area contributed by atoms with Gasteiger partial charge in [-0.3, -0.25) is 0 Å². The summed E-state index contributed by atoms with van der Waals surface area (Å²) in [4.78, 5) is 6.44. The molecule has 16 heavy (non-hydrogen) atoms. The number of H-pyrrole nitrogens is 1. The predicted molar refractivity (Wildman–Crippen MR) is 50.4 cm³/mol. The van der Waals surface area contributed by atoms with E-state index in [1.807, 2.05) is 0 Å². The van der Waals surface area contributed by atoms with Gasteiger partial charge in [-0.05, 0) is 12.1 Å². The third-order valence-corrected chi connectivity index (χ3v) is 2.16. The molecule has 0 saturated heterocycles. The monoisotopic (exact) mass is 232 g/mol. The highest BCUT2D eigenvalue weighted by atomic mass is 19.4. The third kappa shape index (κ3) is 2.32. The van der Waals surface area contributed by atoms with Crippen LogP contribution in [-0.4, -0.2) is 16.1 Å². The Kier molecular flexibility index (Phi) is 2.57. The van der Waals surface area contributed by atoms with Gasteiger partial charge < -0.3 is 4.98 Å². The van der Waals surface area contributed by atoms with Crippen LogP contribution in [0.4, 0.5) is 17.6 Å². The Morgan fingerprint density at radius 3 is 2.62 bits per heavy atom. The summed E-state index contributed by atoms with van der Waals surface area (Å²) < 4.78 is 49.1. The number of nitrogens with zero attached hydrogens (tertiary/aromatic N) is 1. The smallest absolute Gasteiger partial charge is 0.342 e. The van der Waals surface area contributed by atoms with Crippen molar-refractivity contribution in [2.24, 2.45) is 0 Å². The molecule has 0 bridgehead atoms. The van der Waals surface area contributed by atoms with Gasteiger partial charge in [0.15, 0.2) is 5.82 Å². The van der Waals surface area contributed by atoms with Gasteiger partial charge >= 0.3 is 6.18 Å². The van der Waals surface area contributed by atoms with Gasteiger partial charge in [0.25, 0.3) is 0 Å². The second kappa shape index (κ2) is 3.77. The van der Waals surface area contributed by atoms with Crippen molar-refractivity contribution in [3.05, 3.63) is 29.8 Å². The SMILES string of the molecule is Fc1cccc2[nH]c(CCC(F)(F)F)nc12. The molecule has 0 saturated carbocycles. The van der Waals surface area contributed by atoms with E-state index in [-0.39, 0.29) is 17.8 Å². The number of hydrogen-bond donors (Lipinski definition) is 1. The quantitative estimate of drug-likeness (QED) is 0.791. The number of aryl methyl sites for hydroxylation is 1. The van der Waals surface area contributed by atoms with Gasteiger partial charge in [-0.25, -0.2) is 9.37 Å². The average Bonchev–Trinajstić information content (AvgIpc) is 2.58. The molecule has 0 atom stereocenters. The Morgan fingerprint density at radius 2 is 2.00 bits per heavy atom. The first-order chi connectivity index (χ1) is 7.46. The van der Waals surface area contributed by atoms with Crippen molar-refractivity contribution >= 4 is 11.0 Å². The van der Waals surface area contributed by atoms with E-state index in [2.05, 4.69) is 9.97 Å². The average molecular weight is 232 g/mol. The molecule has 0 fully saturated rings. The van der Waals surface area contributed by atoms with Crippen molar-refractivity contribution in [2.45, 2.75) is 19.0 Å². The highest BCUT2D eigenvalue weighted by molar-refractivity contribution is 5.75. The van der Waals surface area contributed by atoms with Crippen molar-refractivity contribution in [1.29, 1.82) is 0 Å². The van der Waals surface area contributed by atoms with E-state index in [4.69, 9.17) is 0 Å². The van der Waals surface area contributed by atoms with Crippen molar-refractivity contribution in [3.63, 3.8) is 0 Å². The molecular weight excluding hydrogens is 224 g/mol. The van der Waals surface area contributed by atoms with Crippen LogP contribution in [0.1, 0.15) is 12.2 Å². The number of aromatic amines is 1. The Bertz CT molecular complexity index is 501. The number of imidazole rings is 1. The maximum Gasteiger partial charge on any atom is 0.389 e. The van der Waals surface area contributed by atoms with E-state index < -0.39 is 18.4 Å². The zero-order valence-electron chi connectivity index (χ0n) is 8.11. The van der Waals surface area contributed by atoms with E-state index in [0.717, 1.165) is 0 Å². The third-order valence-electron chi connectivity index (χ3n) is 2.16. The summed E-state index contributed by atoms with van der Waals surface area (Å²) in [7, 11) is 0. The van der Waals surface area contributed by atoms with E-state index in [1.165, 1.54) is 12.1 Å². The van der Waals surface area contributed by atoms with Crippen LogP contribution in [0, 0.1) is 5.82 Å². The van der Waals surface area contributed by atoms with Crippen molar-refractivity contribution in [3.8, 4) is 0 Å². The van der Waals surface area contributed by atoms with Crippen molar-refractivity contribution in [2.75, 3.05) is 0 Å². The molecule has 0 aliphatic rings. The summed E-state index contributed by atoms with van der Waals surface area (Å²) in [5, 5.41) is 0. The van der Waals surface area contributed by atoms with E-state index >= 15 is 0 Å². The Labute approximate surface area is 88.3 Å². The molecule has 0 amide bonds. The normalized spacial score (nSPS) is 12.2. The van der Waals surface area contributed by atoms with Crippen LogP contribution >= 0.6 is 0 Å². The number of benzene rings is 1. The van der Waals surface area contributed by atoms with Crippen molar-refractivity contribution < 1.29 is 17.6 Å². The minimum absolute atomic E-state index is 0.0830. The van der Waals surface area contributed by atoms with Crippen LogP contribution in [0.5, 0.6) is 0 Å². The van der Waals surface area contributed by atoms with Crippen LogP contribution in [0.25, 0.3) is 11.0 Å². The van der Waals surface area contributed by atoms with E-state index in [1.54, 1.807) is 6.07 Å². The summed E-state index contributed by atoms with van der Waals surface area (Å²) in [6.45, 7) is 0. The van der Waals surface area contributed by atoms with Crippen LogP contribution in [0.3, 0.4) is 0 Å². The molecule has 2 rings (SSSR count). The van der Waals surface area contributed by atoms with E-state index in [0.29, 0.717) is 5.52 Å². The molecule has 86 valence electrons. The fourth-order valence-electron chi connectivity index (χ4n) is 1.43. The first-order valence-corrected chi connectivity index (χ1v) is 4.65. The van der Waals surface area contributed by atoms with Crippen LogP contribution in [0.2, 0.25) is 0 Å². The fourth-order valence-corrected chi connectivity index (χ4v) is 1.43. The molecule has 2 nitrogen and oxygen atoms in total. The number of nitrogens with one attached hydrogen (secondary N) is 1. The summed E-state index contributed by atoms with van der Waals surface area (Å²) in [5.41, 5.74) is 0.497. The summed E-state index contributed by atoms with van der Waals surface area (Å²) in [6.07, 6.45) is -5.45. The molecule has 2 aromatic rings. The van der Waals surface area contributed by atoms with Gasteiger partial charge in [-0.1, -0.05) is 6.07 Å². The minimum Gasteiger partial charge on any atom is -0.342 e. The van der Waals surface area contributed by atoms with Gasteiger partial charge in [0.1, 0.15) is 11.3 Å². The summed E-state index contributed by atoms with van der Waals surface area (Å²) in [5.74, 6) is -0.385. The number of rotatable bonds is 2. The van der Waals surface area contributed by atoms with Gasteiger partial charge in [-0.2, -0.15) is 13.2 Å². The van der Waals surface area contributed by atoms with Crippen LogP contribution in [-0.2, 0) is 6.42 Å². The Balaban J connectivity index is 2.24. The molecule has 0 unspecified atom stereocenters. The molecule has 0 aliphatic carbocycles. The Hall–Kier alpha value is -1.59. The number of aromatic nitrogens is 2. The van der Waals surface area contributed by atoms with Crippen molar-refractivity contribution in [1.82, 2.24) is 9.97 Å². The zero-order valence-corrected chi connectivity index (χ0v) is 8.11. The first kappa shape index (κ1) is 10.9. The van der Waals surface area contributed by atoms with Gasteiger partial charge in [0.2, 0.25) is 0 Å². The molecule has 1 aromatic carbocycles. The molecule has 0 spiro atoms. The highest BCUT2D eigenvalue weighted by Crippen LogP contribution is 2.22. The molecule has 1 N–H and O–H groups in total. The van der Waals surface area contributed by atoms with Gasteiger partial charge in [0.05, 0.1) is 11.9 Å². The number of alkyl halides is 3. The summed E-state index contributed by atoms with van der Waals surface area (Å²) in [6, 6.07) is 4.27. The second-order valence-corrected chi connectivity index (χ2v) is 3.43. The van der Waals surface area contributed by atoms with Crippen LogP contribution in [0.15, 0.2) is 18.2 Å². The van der Waals surface area contributed by atoms with Gasteiger partial charge in [0, 0.05) is 6.42 Å². The van der Waals surface area contributed by atoms with E-state index in [9.17, 15) is 17.6 Å². The zero-order chi connectivity index (χ0) is 11.8. The summed E-state index contributed by atoms with van der Waals surface area (Å²) >= 11 is 0. The fraction of sp³-hybridized carbons (Fsp3) is 0.300. The molecule has 6 heteroatoms. The molecular formula is C10H8F4N2. The number of fused-ring (bicyclic) bond motifs is 1. The maximum absolute atomic E-state index is 13.2. The number of para-hydroxylation sites is 1. The molecule has 1 aromatic heterocycles. The minimum atomic E-state index is -4.22. The molecule has 0 aliphatic heterocycles. The topological polar surface area (TPSA) is 28.7 Å². The standard InChI is InChI=1S/C10H8F4N2/c11-6-2-1-3-7-9(6)16-8(15-7)4-5-10(12,13)14/h1-3H,4-5H2,(H,15,16). The largest absolute Gasteiger partial charge is 0.389 e. The molecule has 1 heterocycles. The Morgan fingerprint density at radius 1 is 1.25 bits per heavy atom. The molecule has 0 radical (unpaired) electrons. The maximum atomic E-state index is 13.2. The van der Waals surface area contributed by atoms with Gasteiger partial charge in [-0.15, -0.1) is 0 Å².